The van der Waals surface area contributed by atoms with E-state index in [4.69, 9.17) is 4.84 Å². The van der Waals surface area contributed by atoms with Gasteiger partial charge in [-0.25, -0.2) is 5.06 Å². The number of carbonyl (C=O) groups is 1. The average Bonchev–Trinajstić information content (AvgIpc) is 2.83. The first-order chi connectivity index (χ1) is 5.79. The summed E-state index contributed by atoms with van der Waals surface area (Å²) in [6, 6.07) is 0. The van der Waals surface area contributed by atoms with Crippen LogP contribution in [-0.4, -0.2) is 24.1 Å². The summed E-state index contributed by atoms with van der Waals surface area (Å²) in [5.41, 5.74) is 0. The van der Waals surface area contributed by atoms with E-state index >= 15 is 0 Å². The largest absolute Gasteiger partial charge is 0.272 e. The van der Waals surface area contributed by atoms with Gasteiger partial charge < -0.3 is 0 Å². The molecule has 2 fully saturated rings. The SMILES string of the molecule is C[C@@H]1C[C@H]1C(=O)N1CCCCO1. The summed E-state index contributed by atoms with van der Waals surface area (Å²) >= 11 is 0. The van der Waals surface area contributed by atoms with Gasteiger partial charge in [0.05, 0.1) is 6.61 Å². The second-order valence-electron chi connectivity index (χ2n) is 3.80. The van der Waals surface area contributed by atoms with Crippen LogP contribution in [0.25, 0.3) is 0 Å². The lowest BCUT2D eigenvalue weighted by molar-refractivity contribution is -0.198. The van der Waals surface area contributed by atoms with Crippen molar-refractivity contribution in [3.63, 3.8) is 0 Å². The van der Waals surface area contributed by atoms with Crippen molar-refractivity contribution in [2.24, 2.45) is 11.8 Å². The first-order valence-electron chi connectivity index (χ1n) is 4.73. The second kappa shape index (κ2) is 3.05. The maximum atomic E-state index is 11.6. The highest BCUT2D eigenvalue weighted by Crippen LogP contribution is 2.39. The van der Waals surface area contributed by atoms with Gasteiger partial charge in [-0.15, -0.1) is 0 Å². The maximum Gasteiger partial charge on any atom is 0.249 e. The first-order valence-corrected chi connectivity index (χ1v) is 4.73. The molecule has 2 atom stereocenters. The van der Waals surface area contributed by atoms with Gasteiger partial charge in [-0.2, -0.15) is 0 Å². The molecular weight excluding hydrogens is 154 g/mol. The number of hydroxylamine groups is 2. The predicted molar refractivity (Wildman–Crippen MR) is 44.2 cm³/mol. The molecule has 0 N–H and O–H groups in total. The summed E-state index contributed by atoms with van der Waals surface area (Å²) in [5, 5.41) is 1.57. The zero-order valence-corrected chi connectivity index (χ0v) is 7.45. The van der Waals surface area contributed by atoms with Crippen molar-refractivity contribution in [2.45, 2.75) is 26.2 Å². The number of amides is 1. The third kappa shape index (κ3) is 1.46. The molecule has 1 aliphatic heterocycles. The van der Waals surface area contributed by atoms with Crippen molar-refractivity contribution in [2.75, 3.05) is 13.2 Å². The van der Waals surface area contributed by atoms with E-state index in [0.717, 1.165) is 25.8 Å². The Hall–Kier alpha value is -0.570. The zero-order valence-electron chi connectivity index (χ0n) is 7.45. The molecule has 0 aromatic carbocycles. The van der Waals surface area contributed by atoms with Gasteiger partial charge in [0.15, 0.2) is 0 Å². The molecule has 12 heavy (non-hydrogen) atoms. The van der Waals surface area contributed by atoms with E-state index in [1.54, 1.807) is 5.06 Å². The van der Waals surface area contributed by atoms with Crippen molar-refractivity contribution in [1.82, 2.24) is 5.06 Å². The highest BCUT2D eigenvalue weighted by molar-refractivity contribution is 5.80. The highest BCUT2D eigenvalue weighted by Gasteiger charge is 2.42. The molecule has 2 aliphatic rings. The van der Waals surface area contributed by atoms with Gasteiger partial charge in [0.1, 0.15) is 0 Å². The van der Waals surface area contributed by atoms with Gasteiger partial charge in [-0.3, -0.25) is 9.63 Å². The molecule has 1 saturated carbocycles. The van der Waals surface area contributed by atoms with Crippen LogP contribution in [-0.2, 0) is 9.63 Å². The summed E-state index contributed by atoms with van der Waals surface area (Å²) in [4.78, 5) is 16.8. The number of nitrogens with zero attached hydrogens (tertiary/aromatic N) is 1. The summed E-state index contributed by atoms with van der Waals surface area (Å²) in [5.74, 6) is 1.06. The molecule has 3 nitrogen and oxygen atoms in total. The first kappa shape index (κ1) is 8.05. The summed E-state index contributed by atoms with van der Waals surface area (Å²) in [7, 11) is 0. The fourth-order valence-corrected chi connectivity index (χ4v) is 1.62. The summed E-state index contributed by atoms with van der Waals surface area (Å²) in [6.45, 7) is 3.63. The van der Waals surface area contributed by atoms with Gasteiger partial charge in [0, 0.05) is 12.5 Å². The molecule has 1 saturated heterocycles. The van der Waals surface area contributed by atoms with Gasteiger partial charge >= 0.3 is 0 Å². The topological polar surface area (TPSA) is 29.5 Å². The van der Waals surface area contributed by atoms with E-state index < -0.39 is 0 Å². The summed E-state index contributed by atoms with van der Waals surface area (Å²) in [6.07, 6.45) is 3.23. The standard InChI is InChI=1S/C9H15NO2/c1-7-6-8(7)9(11)10-4-2-3-5-12-10/h7-8H,2-6H2,1H3/t7-,8-/m1/s1. The molecule has 0 aromatic rings. The van der Waals surface area contributed by atoms with Crippen LogP contribution in [0.5, 0.6) is 0 Å². The minimum atomic E-state index is 0.210. The minimum Gasteiger partial charge on any atom is -0.272 e. The molecule has 2 rings (SSSR count). The molecule has 0 radical (unpaired) electrons. The Kier molecular flexibility index (Phi) is 2.05. The molecule has 1 heterocycles. The Morgan fingerprint density at radius 1 is 1.50 bits per heavy atom. The van der Waals surface area contributed by atoms with E-state index in [1.165, 1.54) is 0 Å². The van der Waals surface area contributed by atoms with Crippen LogP contribution in [0.2, 0.25) is 0 Å². The van der Waals surface area contributed by atoms with Gasteiger partial charge in [-0.1, -0.05) is 6.92 Å². The number of carbonyl (C=O) groups excluding carboxylic acids is 1. The van der Waals surface area contributed by atoms with E-state index in [9.17, 15) is 4.79 Å². The Balaban J connectivity index is 1.86. The van der Waals surface area contributed by atoms with Crippen LogP contribution in [0.15, 0.2) is 0 Å². The lowest BCUT2D eigenvalue weighted by Gasteiger charge is -2.25. The van der Waals surface area contributed by atoms with Crippen LogP contribution in [0.3, 0.4) is 0 Å². The quantitative estimate of drug-likeness (QED) is 0.590. The lowest BCUT2D eigenvalue weighted by atomic mass is 10.2. The Morgan fingerprint density at radius 2 is 2.25 bits per heavy atom. The number of hydrogen-bond acceptors (Lipinski definition) is 2. The van der Waals surface area contributed by atoms with Crippen molar-refractivity contribution in [1.29, 1.82) is 0 Å². The number of rotatable bonds is 1. The molecule has 3 heteroatoms. The van der Waals surface area contributed by atoms with Crippen LogP contribution >= 0.6 is 0 Å². The fraction of sp³-hybridized carbons (Fsp3) is 0.889. The van der Waals surface area contributed by atoms with Crippen molar-refractivity contribution >= 4 is 5.91 Å². The monoisotopic (exact) mass is 169 g/mol. The van der Waals surface area contributed by atoms with Crippen LogP contribution < -0.4 is 0 Å². The van der Waals surface area contributed by atoms with E-state index in [1.807, 2.05) is 0 Å². The average molecular weight is 169 g/mol. The van der Waals surface area contributed by atoms with Crippen LogP contribution in [0, 0.1) is 11.8 Å². The lowest BCUT2D eigenvalue weighted by Crippen LogP contribution is -2.36. The molecule has 1 amide bonds. The smallest absolute Gasteiger partial charge is 0.249 e. The van der Waals surface area contributed by atoms with Gasteiger partial charge in [0.25, 0.3) is 0 Å². The zero-order chi connectivity index (χ0) is 8.55. The molecular formula is C9H15NO2. The third-order valence-electron chi connectivity index (χ3n) is 2.68. The molecule has 0 spiro atoms. The van der Waals surface area contributed by atoms with Gasteiger partial charge in [0.2, 0.25) is 5.91 Å². The molecule has 0 unspecified atom stereocenters. The fourth-order valence-electron chi connectivity index (χ4n) is 1.62. The predicted octanol–water partition coefficient (Wildman–Crippen LogP) is 1.20. The molecule has 1 aliphatic carbocycles. The molecule has 0 bridgehead atoms. The number of hydrogen-bond donors (Lipinski definition) is 0. The van der Waals surface area contributed by atoms with Crippen LogP contribution in [0.4, 0.5) is 0 Å². The van der Waals surface area contributed by atoms with E-state index in [2.05, 4.69) is 6.92 Å². The summed E-state index contributed by atoms with van der Waals surface area (Å²) < 4.78 is 0. The Bertz CT molecular complexity index is 187. The van der Waals surface area contributed by atoms with Crippen molar-refractivity contribution in [3.8, 4) is 0 Å². The Labute approximate surface area is 72.6 Å². The highest BCUT2D eigenvalue weighted by atomic mass is 16.7. The minimum absolute atomic E-state index is 0.210. The van der Waals surface area contributed by atoms with E-state index in [0.29, 0.717) is 12.5 Å². The van der Waals surface area contributed by atoms with Gasteiger partial charge in [-0.05, 0) is 25.2 Å². The van der Waals surface area contributed by atoms with Crippen LogP contribution in [0.1, 0.15) is 26.2 Å². The van der Waals surface area contributed by atoms with Crippen molar-refractivity contribution in [3.05, 3.63) is 0 Å². The maximum absolute atomic E-state index is 11.6. The van der Waals surface area contributed by atoms with Crippen molar-refractivity contribution < 1.29 is 9.63 Å². The Morgan fingerprint density at radius 3 is 2.75 bits per heavy atom. The third-order valence-corrected chi connectivity index (χ3v) is 2.68. The van der Waals surface area contributed by atoms with E-state index in [-0.39, 0.29) is 11.8 Å². The normalized spacial score (nSPS) is 34.9. The molecule has 68 valence electrons. The molecule has 0 aromatic heterocycles. The second-order valence-corrected chi connectivity index (χ2v) is 3.80.